The Labute approximate surface area is 170 Å². The molecule has 2 heterocycles. The Bertz CT molecular complexity index is 821. The van der Waals surface area contributed by atoms with Gasteiger partial charge in [-0.2, -0.15) is 0 Å². The van der Waals surface area contributed by atoms with Gasteiger partial charge >= 0.3 is 12.1 Å². The molecule has 10 nitrogen and oxygen atoms in total. The molecule has 1 fully saturated rings. The van der Waals surface area contributed by atoms with Crippen LogP contribution in [0.1, 0.15) is 51.0 Å². The first kappa shape index (κ1) is 22.5. The van der Waals surface area contributed by atoms with Crippen molar-refractivity contribution in [3.05, 3.63) is 16.0 Å². The highest BCUT2D eigenvalue weighted by molar-refractivity contribution is 5.88. The lowest BCUT2D eigenvalue weighted by Gasteiger charge is -2.38. The lowest BCUT2D eigenvalue weighted by Crippen LogP contribution is -2.48. The largest absolute Gasteiger partial charge is 0.486 e. The average molecular weight is 410 g/mol. The topological polar surface area (TPSA) is 114 Å². The van der Waals surface area contributed by atoms with Crippen molar-refractivity contribution in [1.82, 2.24) is 14.5 Å². The first-order valence-electron chi connectivity index (χ1n) is 9.64. The van der Waals surface area contributed by atoms with Crippen LogP contribution in [-0.4, -0.2) is 70.0 Å². The first-order chi connectivity index (χ1) is 13.5. The van der Waals surface area contributed by atoms with Crippen molar-refractivity contribution in [1.29, 1.82) is 0 Å². The van der Waals surface area contributed by atoms with Crippen molar-refractivity contribution in [2.75, 3.05) is 31.6 Å². The number of anilines is 1. The summed E-state index contributed by atoms with van der Waals surface area (Å²) in [6.45, 7) is 8.30. The zero-order valence-corrected chi connectivity index (χ0v) is 17.9. The van der Waals surface area contributed by atoms with Crippen molar-refractivity contribution >= 4 is 18.0 Å². The molecule has 0 aliphatic carbocycles. The van der Waals surface area contributed by atoms with Crippen molar-refractivity contribution < 1.29 is 24.2 Å². The van der Waals surface area contributed by atoms with Crippen LogP contribution < -0.4 is 15.2 Å². The van der Waals surface area contributed by atoms with E-state index in [0.29, 0.717) is 25.9 Å². The number of nitrogens with zero attached hydrogens (tertiary/aromatic N) is 4. The zero-order valence-electron chi connectivity index (χ0n) is 17.9. The Morgan fingerprint density at radius 2 is 1.86 bits per heavy atom. The minimum atomic E-state index is -1.32. The van der Waals surface area contributed by atoms with Gasteiger partial charge in [0.15, 0.2) is 5.69 Å². The monoisotopic (exact) mass is 410 g/mol. The first-order valence-corrected chi connectivity index (χ1v) is 9.64. The summed E-state index contributed by atoms with van der Waals surface area (Å²) in [6, 6.07) is -0.00799. The fraction of sp³-hybridized carbons (Fsp3) is 0.684. The fourth-order valence-corrected chi connectivity index (χ4v) is 3.23. The van der Waals surface area contributed by atoms with E-state index in [1.54, 1.807) is 23.8 Å². The SMILES string of the molecule is CCOc1c(C(=O)O)nc(N(C)C2CCN(C(=O)OC(C)(C)C)CC2)n(C)c1=O. The van der Waals surface area contributed by atoms with Crippen LogP contribution in [0.25, 0.3) is 0 Å². The minimum Gasteiger partial charge on any atom is -0.486 e. The maximum absolute atomic E-state index is 12.6. The molecule has 1 aromatic heterocycles. The highest BCUT2D eigenvalue weighted by Crippen LogP contribution is 2.23. The summed E-state index contributed by atoms with van der Waals surface area (Å²) in [4.78, 5) is 44.0. The van der Waals surface area contributed by atoms with Crippen LogP contribution in [0.5, 0.6) is 5.75 Å². The smallest absolute Gasteiger partial charge is 0.410 e. The van der Waals surface area contributed by atoms with Crippen molar-refractivity contribution in [3.63, 3.8) is 0 Å². The number of likely N-dealkylation sites (tertiary alicyclic amines) is 1. The van der Waals surface area contributed by atoms with Crippen LogP contribution in [0, 0.1) is 0 Å². The molecule has 162 valence electrons. The van der Waals surface area contributed by atoms with Gasteiger partial charge in [0.05, 0.1) is 6.61 Å². The number of piperidine rings is 1. The van der Waals surface area contributed by atoms with Gasteiger partial charge in [-0.05, 0) is 40.5 Å². The number of ether oxygens (including phenoxy) is 2. The van der Waals surface area contributed by atoms with Gasteiger partial charge < -0.3 is 24.4 Å². The molecule has 10 heteroatoms. The summed E-state index contributed by atoms with van der Waals surface area (Å²) in [6.07, 6.45) is 0.931. The maximum Gasteiger partial charge on any atom is 0.410 e. The molecule has 0 unspecified atom stereocenters. The summed E-state index contributed by atoms with van der Waals surface area (Å²) < 4.78 is 11.9. The van der Waals surface area contributed by atoms with E-state index in [1.165, 1.54) is 11.6 Å². The molecule has 1 aliphatic heterocycles. The normalized spacial score (nSPS) is 15.2. The molecule has 0 bridgehead atoms. The molecule has 1 amide bonds. The number of hydrogen-bond acceptors (Lipinski definition) is 7. The highest BCUT2D eigenvalue weighted by atomic mass is 16.6. The van der Waals surface area contributed by atoms with Gasteiger partial charge in [-0.3, -0.25) is 9.36 Å². The number of aromatic carboxylic acids is 1. The molecule has 0 atom stereocenters. The molecule has 0 radical (unpaired) electrons. The van der Waals surface area contributed by atoms with Gasteiger partial charge in [-0.15, -0.1) is 0 Å². The standard InChI is InChI=1S/C19H30N4O6/c1-7-28-14-13(16(25)26)20-17(22(6)15(14)24)21(5)12-8-10-23(11-9-12)18(27)29-19(2,3)4/h12H,7-11H2,1-6H3,(H,25,26). The molecule has 1 N–H and O–H groups in total. The van der Waals surface area contributed by atoms with Crippen LogP contribution in [0.4, 0.5) is 10.7 Å². The molecular formula is C19H30N4O6. The summed E-state index contributed by atoms with van der Waals surface area (Å²) >= 11 is 0. The summed E-state index contributed by atoms with van der Waals surface area (Å²) in [5.41, 5.74) is -1.50. The molecule has 0 spiro atoms. The Morgan fingerprint density at radius 1 is 1.28 bits per heavy atom. The van der Waals surface area contributed by atoms with Gasteiger partial charge in [-0.1, -0.05) is 0 Å². The maximum atomic E-state index is 12.6. The number of carbonyl (C=O) groups is 2. The minimum absolute atomic E-state index is 0.00799. The zero-order chi connectivity index (χ0) is 21.9. The quantitative estimate of drug-likeness (QED) is 0.780. The van der Waals surface area contributed by atoms with Crippen LogP contribution in [0.2, 0.25) is 0 Å². The van der Waals surface area contributed by atoms with E-state index in [9.17, 15) is 19.5 Å². The molecule has 1 aliphatic rings. The summed E-state index contributed by atoms with van der Waals surface area (Å²) in [7, 11) is 3.30. The van der Waals surface area contributed by atoms with Gasteiger partial charge in [0.1, 0.15) is 5.60 Å². The predicted octanol–water partition coefficient (Wildman–Crippen LogP) is 1.71. The van der Waals surface area contributed by atoms with Crippen molar-refractivity contribution in [2.24, 2.45) is 7.05 Å². The number of hydrogen-bond donors (Lipinski definition) is 1. The molecule has 1 aromatic rings. The molecule has 2 rings (SSSR count). The third-order valence-corrected chi connectivity index (χ3v) is 4.70. The van der Waals surface area contributed by atoms with Crippen LogP contribution in [-0.2, 0) is 11.8 Å². The number of aromatic nitrogens is 2. The number of rotatable bonds is 5. The molecule has 1 saturated heterocycles. The van der Waals surface area contributed by atoms with E-state index < -0.39 is 22.8 Å². The highest BCUT2D eigenvalue weighted by Gasteiger charge is 2.31. The third kappa shape index (κ3) is 5.18. The van der Waals surface area contributed by atoms with Crippen molar-refractivity contribution in [3.8, 4) is 5.75 Å². The van der Waals surface area contributed by atoms with E-state index >= 15 is 0 Å². The average Bonchev–Trinajstić information content (AvgIpc) is 2.64. The molecule has 0 aromatic carbocycles. The number of carboxylic acid groups (broad SMARTS) is 1. The van der Waals surface area contributed by atoms with Crippen LogP contribution >= 0.6 is 0 Å². The van der Waals surface area contributed by atoms with Crippen LogP contribution in [0.15, 0.2) is 4.79 Å². The fourth-order valence-electron chi connectivity index (χ4n) is 3.23. The van der Waals surface area contributed by atoms with Gasteiger partial charge in [-0.25, -0.2) is 14.6 Å². The van der Waals surface area contributed by atoms with E-state index in [2.05, 4.69) is 4.98 Å². The lowest BCUT2D eigenvalue weighted by atomic mass is 10.0. The second-order valence-electron chi connectivity index (χ2n) is 8.00. The molecule has 29 heavy (non-hydrogen) atoms. The van der Waals surface area contributed by atoms with E-state index in [-0.39, 0.29) is 30.4 Å². The van der Waals surface area contributed by atoms with Gasteiger partial charge in [0.25, 0.3) is 5.56 Å². The number of carbonyl (C=O) groups excluding carboxylic acids is 1. The second kappa shape index (κ2) is 8.71. The van der Waals surface area contributed by atoms with E-state index in [1.807, 2.05) is 20.8 Å². The Balaban J connectivity index is 2.19. The van der Waals surface area contributed by atoms with Crippen molar-refractivity contribution in [2.45, 2.75) is 52.2 Å². The Morgan fingerprint density at radius 3 is 2.34 bits per heavy atom. The summed E-state index contributed by atoms with van der Waals surface area (Å²) in [5, 5.41) is 9.45. The number of carboxylic acids is 1. The second-order valence-corrected chi connectivity index (χ2v) is 8.00. The van der Waals surface area contributed by atoms with E-state index in [0.717, 1.165) is 0 Å². The van der Waals surface area contributed by atoms with E-state index in [4.69, 9.17) is 9.47 Å². The van der Waals surface area contributed by atoms with Gasteiger partial charge in [0.2, 0.25) is 11.7 Å². The Hall–Kier alpha value is -2.78. The van der Waals surface area contributed by atoms with Crippen LogP contribution in [0.3, 0.4) is 0 Å². The summed E-state index contributed by atoms with van der Waals surface area (Å²) in [5.74, 6) is -1.34. The molecular weight excluding hydrogens is 380 g/mol. The Kier molecular flexibility index (Phi) is 6.76. The van der Waals surface area contributed by atoms with Gasteiger partial charge in [0, 0.05) is 33.2 Å². The molecule has 0 saturated carbocycles. The number of amides is 1. The third-order valence-electron chi connectivity index (χ3n) is 4.70. The lowest BCUT2D eigenvalue weighted by molar-refractivity contribution is 0.0205. The predicted molar refractivity (Wildman–Crippen MR) is 107 cm³/mol.